The molecule has 0 radical (unpaired) electrons. The second-order valence-corrected chi connectivity index (χ2v) is 20.9. The zero-order valence-corrected chi connectivity index (χ0v) is 52.0. The molecule has 1 unspecified atom stereocenters. The molecule has 0 aromatic carbocycles. The summed E-state index contributed by atoms with van der Waals surface area (Å²) < 4.78 is 16.8. The van der Waals surface area contributed by atoms with Crippen LogP contribution in [0.5, 0.6) is 0 Å². The average molecular weight is 1120 g/mol. The Balaban J connectivity index is 4.41. The zero-order valence-electron chi connectivity index (χ0n) is 52.0. The van der Waals surface area contributed by atoms with Crippen molar-refractivity contribution in [3.05, 3.63) is 170 Å². The van der Waals surface area contributed by atoms with E-state index in [0.717, 1.165) is 141 Å². The van der Waals surface area contributed by atoms with Crippen LogP contribution in [0.4, 0.5) is 0 Å². The van der Waals surface area contributed by atoms with Crippen molar-refractivity contribution in [2.45, 2.75) is 271 Å². The van der Waals surface area contributed by atoms with Crippen LogP contribution in [0.1, 0.15) is 265 Å². The van der Waals surface area contributed by atoms with E-state index in [1.54, 1.807) is 6.08 Å². The first kappa shape index (κ1) is 75.8. The Morgan fingerprint density at radius 2 is 0.531 bits per heavy atom. The number of allylic oxidation sites excluding steroid dienone is 27. The van der Waals surface area contributed by atoms with Crippen LogP contribution < -0.4 is 0 Å². The van der Waals surface area contributed by atoms with Crippen molar-refractivity contribution in [1.29, 1.82) is 0 Å². The maximum Gasteiger partial charge on any atom is 0.309 e. The van der Waals surface area contributed by atoms with Crippen LogP contribution in [0.25, 0.3) is 0 Å². The molecule has 0 aliphatic carbocycles. The topological polar surface area (TPSA) is 78.9 Å². The van der Waals surface area contributed by atoms with Gasteiger partial charge in [-0.1, -0.05) is 281 Å². The molecule has 6 heteroatoms. The lowest BCUT2D eigenvalue weighted by molar-refractivity contribution is -0.166. The predicted molar refractivity (Wildman–Crippen MR) is 352 cm³/mol. The zero-order chi connectivity index (χ0) is 58.5. The van der Waals surface area contributed by atoms with Crippen molar-refractivity contribution in [3.63, 3.8) is 0 Å². The summed E-state index contributed by atoms with van der Waals surface area (Å²) in [4.78, 5) is 38.3. The Bertz CT molecular complexity index is 1860. The van der Waals surface area contributed by atoms with Gasteiger partial charge in [0.2, 0.25) is 0 Å². The van der Waals surface area contributed by atoms with Crippen molar-refractivity contribution >= 4 is 17.9 Å². The lowest BCUT2D eigenvalue weighted by Gasteiger charge is -2.18. The van der Waals surface area contributed by atoms with Crippen molar-refractivity contribution in [2.75, 3.05) is 13.2 Å². The van der Waals surface area contributed by atoms with E-state index in [1.165, 1.54) is 83.5 Å². The highest BCUT2D eigenvalue weighted by atomic mass is 16.6. The molecule has 6 nitrogen and oxygen atoms in total. The van der Waals surface area contributed by atoms with Gasteiger partial charge in [0, 0.05) is 12.8 Å². The molecule has 1 atom stereocenters. The van der Waals surface area contributed by atoms with Crippen LogP contribution in [0.15, 0.2) is 170 Å². The predicted octanol–water partition coefficient (Wildman–Crippen LogP) is 22.7. The molecule has 0 heterocycles. The van der Waals surface area contributed by atoms with Crippen molar-refractivity contribution in [3.8, 4) is 0 Å². The van der Waals surface area contributed by atoms with E-state index in [-0.39, 0.29) is 31.6 Å². The third-order valence-corrected chi connectivity index (χ3v) is 13.2. The van der Waals surface area contributed by atoms with E-state index >= 15 is 0 Å². The Labute approximate surface area is 498 Å². The largest absolute Gasteiger partial charge is 0.462 e. The van der Waals surface area contributed by atoms with E-state index in [4.69, 9.17) is 14.2 Å². The van der Waals surface area contributed by atoms with Gasteiger partial charge in [-0.2, -0.15) is 0 Å². The van der Waals surface area contributed by atoms with Gasteiger partial charge in [-0.05, 0) is 135 Å². The lowest BCUT2D eigenvalue weighted by atomic mass is 10.1. The normalized spacial score (nSPS) is 13.3. The third kappa shape index (κ3) is 65.5. The molecule has 0 fully saturated rings. The minimum absolute atomic E-state index is 0.117. The van der Waals surface area contributed by atoms with Crippen molar-refractivity contribution < 1.29 is 28.6 Å². The molecule has 0 aromatic heterocycles. The molecule has 0 spiro atoms. The Morgan fingerprint density at radius 1 is 0.272 bits per heavy atom. The van der Waals surface area contributed by atoms with Crippen molar-refractivity contribution in [1.82, 2.24) is 0 Å². The van der Waals surface area contributed by atoms with Crippen LogP contribution >= 0.6 is 0 Å². The number of hydrogen-bond donors (Lipinski definition) is 0. The molecule has 0 bridgehead atoms. The van der Waals surface area contributed by atoms with E-state index in [0.29, 0.717) is 12.8 Å². The van der Waals surface area contributed by atoms with Gasteiger partial charge in [0.1, 0.15) is 13.2 Å². The van der Waals surface area contributed by atoms with Crippen molar-refractivity contribution in [2.24, 2.45) is 0 Å². The molecular weight excluding hydrogens is 997 g/mol. The van der Waals surface area contributed by atoms with Gasteiger partial charge >= 0.3 is 17.9 Å². The van der Waals surface area contributed by atoms with Crippen LogP contribution in [0, 0.1) is 0 Å². The fourth-order valence-electron chi connectivity index (χ4n) is 8.41. The molecular formula is C75H118O6. The molecule has 81 heavy (non-hydrogen) atoms. The maximum absolute atomic E-state index is 12.9. The summed E-state index contributed by atoms with van der Waals surface area (Å²) in [5.74, 6) is -1.07. The number of esters is 3. The summed E-state index contributed by atoms with van der Waals surface area (Å²) >= 11 is 0. The highest BCUT2D eigenvalue weighted by Gasteiger charge is 2.19. The Kier molecular flexibility index (Phi) is 62.9. The van der Waals surface area contributed by atoms with Crippen LogP contribution in [0.3, 0.4) is 0 Å². The highest BCUT2D eigenvalue weighted by molar-refractivity contribution is 5.72. The molecule has 0 saturated carbocycles. The van der Waals surface area contributed by atoms with E-state index in [1.807, 2.05) is 6.08 Å². The number of carbonyl (C=O) groups excluding carboxylic acids is 3. The number of ether oxygens (including phenoxy) is 3. The summed E-state index contributed by atoms with van der Waals surface area (Å²) in [5.41, 5.74) is 0. The molecule has 0 amide bonds. The number of carbonyl (C=O) groups is 3. The summed E-state index contributed by atoms with van der Waals surface area (Å²) in [5, 5.41) is 0. The van der Waals surface area contributed by atoms with E-state index in [9.17, 15) is 14.4 Å². The second kappa shape index (κ2) is 67.3. The second-order valence-electron chi connectivity index (χ2n) is 20.9. The molecule has 0 rings (SSSR count). The molecule has 0 aliphatic rings. The van der Waals surface area contributed by atoms with Crippen LogP contribution in [-0.4, -0.2) is 37.2 Å². The van der Waals surface area contributed by atoms with Gasteiger partial charge in [0.25, 0.3) is 0 Å². The van der Waals surface area contributed by atoms with Gasteiger partial charge in [0.05, 0.1) is 6.42 Å². The van der Waals surface area contributed by atoms with Gasteiger partial charge in [-0.15, -0.1) is 0 Å². The molecule has 0 saturated heterocycles. The quantitative estimate of drug-likeness (QED) is 0.0261. The van der Waals surface area contributed by atoms with Gasteiger partial charge < -0.3 is 14.2 Å². The van der Waals surface area contributed by atoms with Gasteiger partial charge in [-0.3, -0.25) is 14.4 Å². The highest BCUT2D eigenvalue weighted by Crippen LogP contribution is 2.14. The molecule has 454 valence electrons. The van der Waals surface area contributed by atoms with Crippen LogP contribution in [0.2, 0.25) is 0 Å². The number of unbranched alkanes of at least 4 members (excludes halogenated alkanes) is 19. The monoisotopic (exact) mass is 1110 g/mol. The first-order chi connectivity index (χ1) is 40.0. The minimum Gasteiger partial charge on any atom is -0.462 e. The average Bonchev–Trinajstić information content (AvgIpc) is 3.47. The summed E-state index contributed by atoms with van der Waals surface area (Å²) in [7, 11) is 0. The molecule has 0 aromatic rings. The lowest BCUT2D eigenvalue weighted by Crippen LogP contribution is -2.30. The summed E-state index contributed by atoms with van der Waals surface area (Å²) in [6.45, 7) is 6.28. The fraction of sp³-hybridized carbons (Fsp3) is 0.587. The van der Waals surface area contributed by atoms with Gasteiger partial charge in [-0.25, -0.2) is 0 Å². The number of hydrogen-bond acceptors (Lipinski definition) is 6. The standard InChI is InChI=1S/C75H118O6/c1-4-7-10-13-16-19-22-25-28-30-31-32-33-34-35-36-37-38-39-40-41-42-43-45-47-50-53-56-59-62-65-68-74(77)80-71-72(70-79-73(76)67-64-61-58-55-52-49-46-27-24-21-18-15-12-9-6-3)81-75(78)69-66-63-60-57-54-51-48-44-29-26-23-20-17-14-11-8-5-2/h7,9-10,12,16-21,25-29,31-32,34-35,37-38,40-41,46,52,55,61,64,72H,4-6,8,11,13-15,22-24,30,33,36,39,42-45,47-51,53-54,56-60,62-63,65-71H2,1-3H3/b10-7-,12-9-,19-16-,20-17-,21-18-,28-25-,29-26-,32-31-,35-34-,38-37-,41-40-,46-27-,55-52-,64-61-. The number of rotatable bonds is 57. The third-order valence-electron chi connectivity index (χ3n) is 13.2. The fourth-order valence-corrected chi connectivity index (χ4v) is 8.41. The Morgan fingerprint density at radius 3 is 0.864 bits per heavy atom. The molecule has 0 aliphatic heterocycles. The molecule has 0 N–H and O–H groups in total. The van der Waals surface area contributed by atoms with Gasteiger partial charge in [0.15, 0.2) is 6.10 Å². The SMILES string of the molecule is CC/C=C\C/C=C\C/C=C\C/C=C\C/C=C\C/C=C\C/C=C\CCCCCCCCCCCC(=O)OCC(COC(=O)C/C=C\C/C=C\C/C=C\C/C=C\C/C=C\CC)OC(=O)CCCCCCCCC/C=C\C/C=C\CCCCC. The maximum atomic E-state index is 12.9. The minimum atomic E-state index is -0.834. The van der Waals surface area contributed by atoms with Crippen LogP contribution in [-0.2, 0) is 28.6 Å². The summed E-state index contributed by atoms with van der Waals surface area (Å²) in [6, 6.07) is 0. The Hall–Kier alpha value is -5.23. The van der Waals surface area contributed by atoms with E-state index < -0.39 is 12.1 Å². The summed E-state index contributed by atoms with van der Waals surface area (Å²) in [6.07, 6.45) is 99.6. The first-order valence-electron chi connectivity index (χ1n) is 32.6. The van der Waals surface area contributed by atoms with E-state index in [2.05, 4.69) is 179 Å². The first-order valence-corrected chi connectivity index (χ1v) is 32.6. The smallest absolute Gasteiger partial charge is 0.309 e.